The monoisotopic (exact) mass is 336 g/mol. The smallest absolute Gasteiger partial charge is 0.0760 e. The van der Waals surface area contributed by atoms with Gasteiger partial charge in [0.25, 0.3) is 0 Å². The Labute approximate surface area is 148 Å². The van der Waals surface area contributed by atoms with Gasteiger partial charge in [0.15, 0.2) is 0 Å². The van der Waals surface area contributed by atoms with Crippen molar-refractivity contribution in [2.75, 3.05) is 7.05 Å². The third-order valence-electron chi connectivity index (χ3n) is 4.97. The predicted molar refractivity (Wildman–Crippen MR) is 99.9 cm³/mol. The first-order chi connectivity index (χ1) is 11.7. The van der Waals surface area contributed by atoms with E-state index in [0.717, 1.165) is 18.0 Å². The summed E-state index contributed by atoms with van der Waals surface area (Å²) in [7, 11) is 2.17. The first kappa shape index (κ1) is 15.5. The van der Waals surface area contributed by atoms with Crippen molar-refractivity contribution in [1.29, 1.82) is 0 Å². The van der Waals surface area contributed by atoms with Gasteiger partial charge < -0.3 is 4.57 Å². The van der Waals surface area contributed by atoms with Crippen LogP contribution in [-0.2, 0) is 13.0 Å². The zero-order valence-electron chi connectivity index (χ0n) is 14.0. The van der Waals surface area contributed by atoms with E-state index in [1.807, 2.05) is 12.1 Å². The van der Waals surface area contributed by atoms with Crippen molar-refractivity contribution >= 4 is 11.6 Å². The third-order valence-corrected chi connectivity index (χ3v) is 5.32. The molecule has 3 heteroatoms. The molecule has 122 valence electrons. The van der Waals surface area contributed by atoms with E-state index in [-0.39, 0.29) is 6.04 Å². The topological polar surface area (TPSA) is 8.17 Å². The van der Waals surface area contributed by atoms with Gasteiger partial charge >= 0.3 is 0 Å². The lowest BCUT2D eigenvalue weighted by Crippen LogP contribution is -2.24. The van der Waals surface area contributed by atoms with E-state index >= 15 is 0 Å². The number of nitrogens with zero attached hydrogens (tertiary/aromatic N) is 2. The normalized spacial score (nSPS) is 17.2. The maximum absolute atomic E-state index is 6.51. The summed E-state index contributed by atoms with van der Waals surface area (Å²) in [6.45, 7) is 3.02. The molecule has 0 bridgehead atoms. The van der Waals surface area contributed by atoms with Crippen molar-refractivity contribution in [2.24, 2.45) is 0 Å². The summed E-state index contributed by atoms with van der Waals surface area (Å²) in [5.74, 6) is 0. The molecule has 0 spiro atoms. The quantitative estimate of drug-likeness (QED) is 0.622. The van der Waals surface area contributed by atoms with Gasteiger partial charge in [-0.15, -0.1) is 0 Å². The fourth-order valence-corrected chi connectivity index (χ4v) is 3.92. The van der Waals surface area contributed by atoms with Gasteiger partial charge in [-0.2, -0.15) is 0 Å². The second-order valence-electron chi connectivity index (χ2n) is 6.45. The number of hydrogen-bond donors (Lipinski definition) is 0. The lowest BCUT2D eigenvalue weighted by Gasteiger charge is -2.27. The molecule has 3 aromatic rings. The number of rotatable bonds is 2. The van der Waals surface area contributed by atoms with Crippen LogP contribution in [0.4, 0.5) is 0 Å². The first-order valence-corrected chi connectivity index (χ1v) is 8.81. The van der Waals surface area contributed by atoms with E-state index in [1.54, 1.807) is 0 Å². The van der Waals surface area contributed by atoms with Gasteiger partial charge in [-0.05, 0) is 48.9 Å². The van der Waals surface area contributed by atoms with Crippen molar-refractivity contribution in [3.8, 4) is 5.69 Å². The number of halogens is 1. The molecule has 1 unspecified atom stereocenters. The summed E-state index contributed by atoms with van der Waals surface area (Å²) >= 11 is 6.51. The predicted octanol–water partition coefficient (Wildman–Crippen LogP) is 5.23. The summed E-state index contributed by atoms with van der Waals surface area (Å²) in [6.07, 6.45) is 3.20. The van der Waals surface area contributed by atoms with Crippen LogP contribution in [0, 0.1) is 0 Å². The van der Waals surface area contributed by atoms with Crippen molar-refractivity contribution < 1.29 is 0 Å². The molecule has 2 aromatic carbocycles. The van der Waals surface area contributed by atoms with Crippen LogP contribution in [0.5, 0.6) is 0 Å². The van der Waals surface area contributed by atoms with E-state index < -0.39 is 0 Å². The Hall–Kier alpha value is -2.03. The van der Waals surface area contributed by atoms with Crippen LogP contribution in [-0.4, -0.2) is 16.5 Å². The van der Waals surface area contributed by atoms with Gasteiger partial charge in [-0.3, -0.25) is 4.90 Å². The molecule has 2 nitrogen and oxygen atoms in total. The fourth-order valence-electron chi connectivity index (χ4n) is 3.69. The molecule has 1 aromatic heterocycles. The standard InChI is InChI=1S/C21H21ClN2/c1-3-15-9-11-16(12-10-15)21-20-8-5-13-24(20)19-7-4-6-18(22)17(19)14-23(21)2/h4-13,21H,3,14H2,1-2H3. The molecule has 1 atom stereocenters. The van der Waals surface area contributed by atoms with E-state index in [1.165, 1.54) is 28.1 Å². The lowest BCUT2D eigenvalue weighted by molar-refractivity contribution is 0.270. The molecule has 1 aliphatic rings. The van der Waals surface area contributed by atoms with Crippen molar-refractivity contribution in [3.05, 3.63) is 88.2 Å². The second kappa shape index (κ2) is 6.12. The number of aryl methyl sites for hydroxylation is 1. The minimum Gasteiger partial charge on any atom is -0.319 e. The first-order valence-electron chi connectivity index (χ1n) is 8.43. The third kappa shape index (κ3) is 2.47. The Morgan fingerprint density at radius 1 is 1.04 bits per heavy atom. The van der Waals surface area contributed by atoms with Gasteiger partial charge in [-0.1, -0.05) is 48.9 Å². The Morgan fingerprint density at radius 3 is 2.58 bits per heavy atom. The van der Waals surface area contributed by atoms with Crippen LogP contribution >= 0.6 is 11.6 Å². The molecule has 0 fully saturated rings. The average molecular weight is 337 g/mol. The summed E-state index contributed by atoms with van der Waals surface area (Å²) in [5, 5.41) is 0.834. The summed E-state index contributed by atoms with van der Waals surface area (Å²) in [4.78, 5) is 2.38. The SMILES string of the molecule is CCc1ccc(C2c3cccn3-c3cccc(Cl)c3CN2C)cc1. The minimum absolute atomic E-state index is 0.217. The van der Waals surface area contributed by atoms with E-state index in [2.05, 4.69) is 72.1 Å². The lowest BCUT2D eigenvalue weighted by atomic mass is 10.00. The van der Waals surface area contributed by atoms with Crippen LogP contribution in [0.15, 0.2) is 60.8 Å². The molecular formula is C21H21ClN2. The van der Waals surface area contributed by atoms with Gasteiger partial charge in [0.1, 0.15) is 0 Å². The molecule has 0 aliphatic carbocycles. The highest BCUT2D eigenvalue weighted by atomic mass is 35.5. The second-order valence-corrected chi connectivity index (χ2v) is 6.86. The highest BCUT2D eigenvalue weighted by molar-refractivity contribution is 6.31. The van der Waals surface area contributed by atoms with Crippen LogP contribution in [0.3, 0.4) is 0 Å². The maximum Gasteiger partial charge on any atom is 0.0760 e. The van der Waals surface area contributed by atoms with Crippen LogP contribution in [0.1, 0.15) is 35.3 Å². The Kier molecular flexibility index (Phi) is 3.95. The van der Waals surface area contributed by atoms with Crippen molar-refractivity contribution in [2.45, 2.75) is 25.9 Å². The maximum atomic E-state index is 6.51. The van der Waals surface area contributed by atoms with Crippen molar-refractivity contribution in [3.63, 3.8) is 0 Å². The number of benzene rings is 2. The molecule has 0 saturated carbocycles. The summed E-state index contributed by atoms with van der Waals surface area (Å²) in [5.41, 5.74) is 6.34. The molecular weight excluding hydrogens is 316 g/mol. The summed E-state index contributed by atoms with van der Waals surface area (Å²) in [6, 6.07) is 19.7. The Morgan fingerprint density at radius 2 is 1.83 bits per heavy atom. The average Bonchev–Trinajstić information content (AvgIpc) is 3.02. The van der Waals surface area contributed by atoms with Crippen molar-refractivity contribution in [1.82, 2.24) is 9.47 Å². The summed E-state index contributed by atoms with van der Waals surface area (Å²) < 4.78 is 2.28. The van der Waals surface area contributed by atoms with Crippen LogP contribution in [0.2, 0.25) is 5.02 Å². The molecule has 4 rings (SSSR count). The number of aromatic nitrogens is 1. The highest BCUT2D eigenvalue weighted by Gasteiger charge is 2.28. The molecule has 0 saturated heterocycles. The van der Waals surface area contributed by atoms with Crippen LogP contribution in [0.25, 0.3) is 5.69 Å². The van der Waals surface area contributed by atoms with Gasteiger partial charge in [-0.25, -0.2) is 0 Å². The minimum atomic E-state index is 0.217. The fraction of sp³-hybridized carbons (Fsp3) is 0.238. The zero-order chi connectivity index (χ0) is 16.7. The van der Waals surface area contributed by atoms with E-state index in [4.69, 9.17) is 11.6 Å². The van der Waals surface area contributed by atoms with Gasteiger partial charge in [0.2, 0.25) is 0 Å². The molecule has 1 aliphatic heterocycles. The highest BCUT2D eigenvalue weighted by Crippen LogP contribution is 2.37. The molecule has 2 heterocycles. The van der Waals surface area contributed by atoms with Gasteiger partial charge in [0, 0.05) is 29.0 Å². The van der Waals surface area contributed by atoms with E-state index in [0.29, 0.717) is 0 Å². The number of hydrogen-bond acceptors (Lipinski definition) is 1. The van der Waals surface area contributed by atoms with Crippen LogP contribution < -0.4 is 0 Å². The molecule has 0 radical (unpaired) electrons. The molecule has 0 amide bonds. The number of fused-ring (bicyclic) bond motifs is 3. The Balaban J connectivity index is 1.87. The largest absolute Gasteiger partial charge is 0.319 e. The molecule has 0 N–H and O–H groups in total. The van der Waals surface area contributed by atoms with E-state index in [9.17, 15) is 0 Å². The zero-order valence-corrected chi connectivity index (χ0v) is 14.8. The molecule has 24 heavy (non-hydrogen) atoms. The van der Waals surface area contributed by atoms with Gasteiger partial charge in [0.05, 0.1) is 11.7 Å². The Bertz CT molecular complexity index is 864.